The molecule has 0 aromatic heterocycles. The highest BCUT2D eigenvalue weighted by molar-refractivity contribution is 7.99. The third kappa shape index (κ3) is 4.89. The first-order valence-electron chi connectivity index (χ1n) is 5.28. The van der Waals surface area contributed by atoms with E-state index < -0.39 is 0 Å². The molecule has 1 rings (SSSR count). The van der Waals surface area contributed by atoms with Crippen LogP contribution in [0.1, 0.15) is 32.6 Å². The van der Waals surface area contributed by atoms with E-state index in [0.29, 0.717) is 12.1 Å². The van der Waals surface area contributed by atoms with Crippen LogP contribution in [-0.4, -0.2) is 30.3 Å². The quantitative estimate of drug-likeness (QED) is 0.671. The Kier molecular flexibility index (Phi) is 5.83. The Morgan fingerprint density at radius 1 is 1.62 bits per heavy atom. The molecule has 2 N–H and O–H groups in total. The summed E-state index contributed by atoms with van der Waals surface area (Å²) >= 11 is 1.97. The molecule has 78 valence electrons. The van der Waals surface area contributed by atoms with E-state index in [0.717, 1.165) is 18.8 Å². The van der Waals surface area contributed by atoms with E-state index in [-0.39, 0.29) is 0 Å². The molecule has 1 aliphatic rings. The molecular weight excluding hydrogens is 182 g/mol. The minimum atomic E-state index is 0.384. The molecule has 1 fully saturated rings. The van der Waals surface area contributed by atoms with Crippen LogP contribution < -0.4 is 5.73 Å². The highest BCUT2D eigenvalue weighted by atomic mass is 32.2. The van der Waals surface area contributed by atoms with Gasteiger partial charge in [0.1, 0.15) is 0 Å². The van der Waals surface area contributed by atoms with E-state index in [1.54, 1.807) is 0 Å². The topological polar surface area (TPSA) is 35.2 Å². The molecule has 0 bridgehead atoms. The van der Waals surface area contributed by atoms with Gasteiger partial charge in [-0.3, -0.25) is 0 Å². The van der Waals surface area contributed by atoms with Crippen LogP contribution in [0.25, 0.3) is 0 Å². The maximum Gasteiger partial charge on any atom is 0.0583 e. The summed E-state index contributed by atoms with van der Waals surface area (Å²) in [6.45, 7) is 3.12. The monoisotopic (exact) mass is 203 g/mol. The van der Waals surface area contributed by atoms with Crippen LogP contribution in [0.2, 0.25) is 0 Å². The Labute approximate surface area is 85.6 Å². The van der Waals surface area contributed by atoms with Crippen LogP contribution in [0.4, 0.5) is 0 Å². The van der Waals surface area contributed by atoms with Crippen molar-refractivity contribution in [3.8, 4) is 0 Å². The van der Waals surface area contributed by atoms with Crippen molar-refractivity contribution >= 4 is 11.8 Å². The summed E-state index contributed by atoms with van der Waals surface area (Å²) < 4.78 is 5.54. The maximum absolute atomic E-state index is 5.82. The molecule has 0 radical (unpaired) electrons. The fraction of sp³-hybridized carbons (Fsp3) is 1.00. The van der Waals surface area contributed by atoms with Gasteiger partial charge in [0, 0.05) is 18.4 Å². The number of nitrogens with two attached hydrogens (primary N) is 1. The van der Waals surface area contributed by atoms with E-state index in [1.165, 1.54) is 25.0 Å². The van der Waals surface area contributed by atoms with E-state index in [4.69, 9.17) is 10.5 Å². The molecule has 0 aromatic rings. The third-order valence-electron chi connectivity index (χ3n) is 2.46. The van der Waals surface area contributed by atoms with Gasteiger partial charge < -0.3 is 10.5 Å². The first-order chi connectivity index (χ1) is 6.33. The molecule has 2 nitrogen and oxygen atoms in total. The van der Waals surface area contributed by atoms with Crippen LogP contribution in [0.15, 0.2) is 0 Å². The number of thioether (sulfide) groups is 1. The molecule has 1 saturated heterocycles. The van der Waals surface area contributed by atoms with Gasteiger partial charge in [-0.05, 0) is 31.4 Å². The van der Waals surface area contributed by atoms with Crippen LogP contribution >= 0.6 is 11.8 Å². The molecule has 1 aliphatic heterocycles. The molecule has 2 atom stereocenters. The molecule has 13 heavy (non-hydrogen) atoms. The van der Waals surface area contributed by atoms with Gasteiger partial charge >= 0.3 is 0 Å². The second-order valence-corrected chi connectivity index (χ2v) is 4.82. The van der Waals surface area contributed by atoms with Crippen molar-refractivity contribution in [2.24, 2.45) is 5.73 Å². The minimum Gasteiger partial charge on any atom is -0.378 e. The lowest BCUT2D eigenvalue weighted by atomic mass is 10.2. The number of hydrogen-bond acceptors (Lipinski definition) is 3. The molecule has 0 aliphatic carbocycles. The molecule has 1 heterocycles. The zero-order chi connectivity index (χ0) is 9.52. The largest absolute Gasteiger partial charge is 0.378 e. The van der Waals surface area contributed by atoms with Crippen molar-refractivity contribution in [2.75, 3.05) is 18.1 Å². The van der Waals surface area contributed by atoms with Crippen LogP contribution in [0, 0.1) is 0 Å². The van der Waals surface area contributed by atoms with E-state index >= 15 is 0 Å². The van der Waals surface area contributed by atoms with Crippen LogP contribution in [0.3, 0.4) is 0 Å². The summed E-state index contributed by atoms with van der Waals surface area (Å²) in [6.07, 6.45) is 5.36. The molecule has 0 aromatic carbocycles. The van der Waals surface area contributed by atoms with Gasteiger partial charge in [-0.1, -0.05) is 6.92 Å². The molecule has 0 saturated carbocycles. The number of hydrogen-bond donors (Lipinski definition) is 1. The lowest BCUT2D eigenvalue weighted by Crippen LogP contribution is -2.21. The average molecular weight is 203 g/mol. The van der Waals surface area contributed by atoms with Gasteiger partial charge in [-0.2, -0.15) is 11.8 Å². The Morgan fingerprint density at radius 3 is 3.08 bits per heavy atom. The van der Waals surface area contributed by atoms with Gasteiger partial charge in [0.05, 0.1) is 6.10 Å². The zero-order valence-electron chi connectivity index (χ0n) is 8.50. The number of rotatable bonds is 6. The van der Waals surface area contributed by atoms with Crippen molar-refractivity contribution in [1.82, 2.24) is 0 Å². The lowest BCUT2D eigenvalue weighted by Gasteiger charge is -2.10. The van der Waals surface area contributed by atoms with Crippen molar-refractivity contribution in [1.29, 1.82) is 0 Å². The second-order valence-electron chi connectivity index (χ2n) is 3.67. The Balaban J connectivity index is 1.88. The molecule has 2 unspecified atom stereocenters. The summed E-state index contributed by atoms with van der Waals surface area (Å²) in [5.74, 6) is 2.31. The maximum atomic E-state index is 5.82. The molecule has 3 heteroatoms. The lowest BCUT2D eigenvalue weighted by molar-refractivity contribution is 0.109. The first-order valence-corrected chi connectivity index (χ1v) is 6.43. The Hall–Kier alpha value is 0.270. The van der Waals surface area contributed by atoms with Gasteiger partial charge in [0.2, 0.25) is 0 Å². The fourth-order valence-electron chi connectivity index (χ4n) is 1.44. The van der Waals surface area contributed by atoms with Gasteiger partial charge in [0.25, 0.3) is 0 Å². The summed E-state index contributed by atoms with van der Waals surface area (Å²) in [6, 6.07) is 0.384. The highest BCUT2D eigenvalue weighted by Gasteiger charge is 2.14. The molecular formula is C10H21NOS. The fourth-order valence-corrected chi connectivity index (χ4v) is 2.57. The predicted molar refractivity (Wildman–Crippen MR) is 59.2 cm³/mol. The normalized spacial score (nSPS) is 24.9. The SMILES string of the molecule is CCC(N)CSCCC1CCCO1. The van der Waals surface area contributed by atoms with Crippen molar-refractivity contribution < 1.29 is 4.74 Å². The summed E-state index contributed by atoms with van der Waals surface area (Å²) in [5, 5.41) is 0. The standard InChI is InChI=1S/C10H21NOS/c1-2-9(11)8-13-7-5-10-4-3-6-12-10/h9-10H,2-8,11H2,1H3. The average Bonchev–Trinajstić information content (AvgIpc) is 2.64. The van der Waals surface area contributed by atoms with E-state index in [9.17, 15) is 0 Å². The van der Waals surface area contributed by atoms with Gasteiger partial charge in [-0.15, -0.1) is 0 Å². The third-order valence-corrected chi connectivity index (χ3v) is 3.65. The minimum absolute atomic E-state index is 0.384. The molecule has 0 amide bonds. The van der Waals surface area contributed by atoms with E-state index in [2.05, 4.69) is 6.92 Å². The summed E-state index contributed by atoms with van der Waals surface area (Å²) in [4.78, 5) is 0. The zero-order valence-corrected chi connectivity index (χ0v) is 9.31. The van der Waals surface area contributed by atoms with Gasteiger partial charge in [0.15, 0.2) is 0 Å². The van der Waals surface area contributed by atoms with Crippen molar-refractivity contribution in [2.45, 2.75) is 44.8 Å². The van der Waals surface area contributed by atoms with Gasteiger partial charge in [-0.25, -0.2) is 0 Å². The number of ether oxygens (including phenoxy) is 1. The smallest absolute Gasteiger partial charge is 0.0583 e. The van der Waals surface area contributed by atoms with Crippen molar-refractivity contribution in [3.05, 3.63) is 0 Å². The van der Waals surface area contributed by atoms with E-state index in [1.807, 2.05) is 11.8 Å². The molecule has 0 spiro atoms. The van der Waals surface area contributed by atoms with Crippen molar-refractivity contribution in [3.63, 3.8) is 0 Å². The Bertz CT molecular complexity index is 126. The summed E-state index contributed by atoms with van der Waals surface area (Å²) in [5.41, 5.74) is 5.82. The Morgan fingerprint density at radius 2 is 2.46 bits per heavy atom. The highest BCUT2D eigenvalue weighted by Crippen LogP contribution is 2.17. The predicted octanol–water partition coefficient (Wildman–Crippen LogP) is 2.03. The van der Waals surface area contributed by atoms with Crippen LogP contribution in [-0.2, 0) is 4.74 Å². The summed E-state index contributed by atoms with van der Waals surface area (Å²) in [7, 11) is 0. The van der Waals surface area contributed by atoms with Crippen LogP contribution in [0.5, 0.6) is 0 Å². The second kappa shape index (κ2) is 6.68. The first kappa shape index (κ1) is 11.3.